The molecule has 0 heterocycles. The van der Waals surface area contributed by atoms with Gasteiger partial charge in [0.1, 0.15) is 0 Å². The Morgan fingerprint density at radius 3 is 2.38 bits per heavy atom. The third-order valence-corrected chi connectivity index (χ3v) is 2.30. The first kappa shape index (κ1) is 12.7. The molecule has 0 aromatic rings. The molecule has 0 radical (unpaired) electrons. The number of allylic oxidation sites excluding steroid dienone is 1. The van der Waals surface area contributed by atoms with E-state index >= 15 is 0 Å². The van der Waals surface area contributed by atoms with E-state index in [0.29, 0.717) is 12.0 Å². The van der Waals surface area contributed by atoms with Crippen LogP contribution in [0.2, 0.25) is 0 Å². The molecule has 0 saturated carbocycles. The second-order valence-corrected chi connectivity index (χ2v) is 3.97. The van der Waals surface area contributed by atoms with Gasteiger partial charge in [0.25, 0.3) is 0 Å². The van der Waals surface area contributed by atoms with Gasteiger partial charge in [-0.15, -0.1) is 6.58 Å². The highest BCUT2D eigenvalue weighted by molar-refractivity contribution is 4.76. The monoisotopic (exact) mass is 185 g/mol. The molecule has 0 saturated heterocycles. The largest absolute Gasteiger partial charge is 0.395 e. The summed E-state index contributed by atoms with van der Waals surface area (Å²) < 4.78 is 0. The number of rotatable bonds is 7. The second kappa shape index (κ2) is 7.10. The molecular formula is C11H23NO. The molecule has 2 nitrogen and oxygen atoms in total. The molecule has 0 rings (SSSR count). The van der Waals surface area contributed by atoms with Crippen LogP contribution in [0.3, 0.4) is 0 Å². The van der Waals surface area contributed by atoms with Crippen LogP contribution in [0.15, 0.2) is 12.7 Å². The zero-order valence-corrected chi connectivity index (χ0v) is 9.09. The van der Waals surface area contributed by atoms with Gasteiger partial charge in [-0.3, -0.25) is 0 Å². The van der Waals surface area contributed by atoms with Crippen molar-refractivity contribution in [1.29, 1.82) is 0 Å². The molecule has 13 heavy (non-hydrogen) atoms. The van der Waals surface area contributed by atoms with E-state index in [9.17, 15) is 0 Å². The number of nitrogens with one attached hydrogen (secondary N) is 1. The van der Waals surface area contributed by atoms with Gasteiger partial charge in [-0.2, -0.15) is 0 Å². The molecule has 1 unspecified atom stereocenters. The second-order valence-electron chi connectivity index (χ2n) is 3.97. The van der Waals surface area contributed by atoms with E-state index in [1.807, 2.05) is 6.08 Å². The fraction of sp³-hybridized carbons (Fsp3) is 0.818. The van der Waals surface area contributed by atoms with Crippen molar-refractivity contribution >= 4 is 0 Å². The van der Waals surface area contributed by atoms with Crippen LogP contribution in [0.4, 0.5) is 0 Å². The topological polar surface area (TPSA) is 32.3 Å². The predicted octanol–water partition coefficient (Wildman–Crippen LogP) is 1.95. The molecule has 0 aliphatic heterocycles. The minimum absolute atomic E-state index is 0.218. The van der Waals surface area contributed by atoms with Crippen LogP contribution in [0.5, 0.6) is 0 Å². The molecule has 0 aliphatic rings. The van der Waals surface area contributed by atoms with E-state index in [1.54, 1.807) is 0 Å². The third kappa shape index (κ3) is 5.83. The maximum atomic E-state index is 9.09. The zero-order valence-electron chi connectivity index (χ0n) is 9.09. The summed E-state index contributed by atoms with van der Waals surface area (Å²) >= 11 is 0. The van der Waals surface area contributed by atoms with E-state index in [4.69, 9.17) is 5.11 Å². The molecule has 0 aromatic carbocycles. The lowest BCUT2D eigenvalue weighted by Crippen LogP contribution is -2.42. The van der Waals surface area contributed by atoms with Crippen LogP contribution in [-0.2, 0) is 0 Å². The highest BCUT2D eigenvalue weighted by Gasteiger charge is 2.13. The summed E-state index contributed by atoms with van der Waals surface area (Å²) in [6.45, 7) is 10.3. The van der Waals surface area contributed by atoms with E-state index in [-0.39, 0.29) is 12.6 Å². The molecule has 0 aliphatic carbocycles. The first-order chi connectivity index (χ1) is 6.11. The van der Waals surface area contributed by atoms with Crippen molar-refractivity contribution in [3.63, 3.8) is 0 Å². The lowest BCUT2D eigenvalue weighted by molar-refractivity contribution is 0.199. The van der Waals surface area contributed by atoms with Crippen molar-refractivity contribution in [2.24, 2.45) is 5.92 Å². The van der Waals surface area contributed by atoms with Crippen molar-refractivity contribution < 1.29 is 5.11 Å². The highest BCUT2D eigenvalue weighted by atomic mass is 16.3. The third-order valence-electron chi connectivity index (χ3n) is 2.30. The quantitative estimate of drug-likeness (QED) is 0.594. The summed E-state index contributed by atoms with van der Waals surface area (Å²) in [6, 6.07) is 0.678. The fourth-order valence-corrected chi connectivity index (χ4v) is 1.27. The molecule has 0 spiro atoms. The van der Waals surface area contributed by atoms with Crippen molar-refractivity contribution in [1.82, 2.24) is 5.32 Å². The lowest BCUT2D eigenvalue weighted by atomic mass is 10.0. The molecule has 2 heteroatoms. The van der Waals surface area contributed by atoms with E-state index in [2.05, 4.69) is 32.7 Å². The van der Waals surface area contributed by atoms with Gasteiger partial charge >= 0.3 is 0 Å². The van der Waals surface area contributed by atoms with E-state index < -0.39 is 0 Å². The average Bonchev–Trinajstić information content (AvgIpc) is 2.10. The van der Waals surface area contributed by atoms with Gasteiger partial charge in [0.15, 0.2) is 0 Å². The summed E-state index contributed by atoms with van der Waals surface area (Å²) in [7, 11) is 0. The Kier molecular flexibility index (Phi) is 6.92. The van der Waals surface area contributed by atoms with Crippen LogP contribution in [-0.4, -0.2) is 23.8 Å². The summed E-state index contributed by atoms with van der Waals surface area (Å²) in [5, 5.41) is 12.5. The molecular weight excluding hydrogens is 162 g/mol. The molecule has 0 fully saturated rings. The molecule has 78 valence electrons. The van der Waals surface area contributed by atoms with Crippen molar-refractivity contribution in [2.45, 2.75) is 45.7 Å². The van der Waals surface area contributed by atoms with Crippen LogP contribution < -0.4 is 5.32 Å². The smallest absolute Gasteiger partial charge is 0.0587 e. The Hall–Kier alpha value is -0.340. The summed E-state index contributed by atoms with van der Waals surface area (Å²) in [6.07, 6.45) is 4.05. The number of hydrogen-bond acceptors (Lipinski definition) is 2. The van der Waals surface area contributed by atoms with Crippen LogP contribution in [0, 0.1) is 5.92 Å². The maximum Gasteiger partial charge on any atom is 0.0587 e. The van der Waals surface area contributed by atoms with Crippen LogP contribution >= 0.6 is 0 Å². The fourth-order valence-electron chi connectivity index (χ4n) is 1.27. The first-order valence-electron chi connectivity index (χ1n) is 5.09. The predicted molar refractivity (Wildman–Crippen MR) is 57.7 cm³/mol. The van der Waals surface area contributed by atoms with Crippen LogP contribution in [0.25, 0.3) is 0 Å². The molecule has 2 atom stereocenters. The molecule has 0 amide bonds. The number of hydrogen-bond donors (Lipinski definition) is 2. The summed E-state index contributed by atoms with van der Waals surface area (Å²) in [4.78, 5) is 0. The Morgan fingerprint density at radius 2 is 2.00 bits per heavy atom. The van der Waals surface area contributed by atoms with Crippen molar-refractivity contribution in [2.75, 3.05) is 6.61 Å². The first-order valence-corrected chi connectivity index (χ1v) is 5.09. The Balaban J connectivity index is 3.72. The Morgan fingerprint density at radius 1 is 1.38 bits per heavy atom. The zero-order chi connectivity index (χ0) is 10.3. The standard InChI is InChI=1S/C11H23NO/c1-5-6-7-10(4)12-11(8-13)9(2)3/h5,9-13H,1,6-8H2,2-4H3/t10?,11-/m1/s1. The Bertz CT molecular complexity index is 134. The van der Waals surface area contributed by atoms with Gasteiger partial charge < -0.3 is 10.4 Å². The molecule has 0 bridgehead atoms. The Labute approximate surface area is 82.0 Å². The van der Waals surface area contributed by atoms with Crippen molar-refractivity contribution in [3.05, 3.63) is 12.7 Å². The van der Waals surface area contributed by atoms with Gasteiger partial charge in [-0.25, -0.2) is 0 Å². The maximum absolute atomic E-state index is 9.09. The molecule has 0 aromatic heterocycles. The van der Waals surface area contributed by atoms with E-state index in [1.165, 1.54) is 0 Å². The van der Waals surface area contributed by atoms with E-state index in [0.717, 1.165) is 12.8 Å². The minimum Gasteiger partial charge on any atom is -0.395 e. The number of aliphatic hydroxyl groups excluding tert-OH is 1. The minimum atomic E-state index is 0.218. The lowest BCUT2D eigenvalue weighted by Gasteiger charge is -2.24. The van der Waals surface area contributed by atoms with Gasteiger partial charge in [0.05, 0.1) is 6.61 Å². The van der Waals surface area contributed by atoms with Crippen LogP contribution in [0.1, 0.15) is 33.6 Å². The SMILES string of the molecule is C=CCCC(C)N[C@H](CO)C(C)C. The normalized spacial score (nSPS) is 15.8. The van der Waals surface area contributed by atoms with Gasteiger partial charge in [0, 0.05) is 12.1 Å². The highest BCUT2D eigenvalue weighted by Crippen LogP contribution is 2.04. The molecule has 2 N–H and O–H groups in total. The summed E-state index contributed by atoms with van der Waals surface area (Å²) in [5.41, 5.74) is 0. The average molecular weight is 185 g/mol. The number of aliphatic hydroxyl groups is 1. The van der Waals surface area contributed by atoms with Gasteiger partial charge in [0.2, 0.25) is 0 Å². The van der Waals surface area contributed by atoms with Crippen molar-refractivity contribution in [3.8, 4) is 0 Å². The van der Waals surface area contributed by atoms with Gasteiger partial charge in [-0.05, 0) is 25.7 Å². The van der Waals surface area contributed by atoms with Gasteiger partial charge in [-0.1, -0.05) is 19.9 Å². The summed E-state index contributed by atoms with van der Waals surface area (Å²) in [5.74, 6) is 0.483.